The summed E-state index contributed by atoms with van der Waals surface area (Å²) >= 11 is 11.8. The van der Waals surface area contributed by atoms with Crippen molar-refractivity contribution >= 4 is 46.7 Å². The van der Waals surface area contributed by atoms with E-state index in [1.165, 1.54) is 25.6 Å². The number of hydrogen-bond donors (Lipinski definition) is 3. The van der Waals surface area contributed by atoms with Gasteiger partial charge in [0.25, 0.3) is 11.8 Å². The van der Waals surface area contributed by atoms with Gasteiger partial charge in [0, 0.05) is 5.69 Å². The van der Waals surface area contributed by atoms with Gasteiger partial charge < -0.3 is 20.4 Å². The number of carbonyl (C=O) groups excluding carboxylic acids is 3. The van der Waals surface area contributed by atoms with Crippen molar-refractivity contribution in [3.63, 3.8) is 0 Å². The maximum Gasteiger partial charge on any atom is 0.333 e. The molecule has 1 atom stereocenters. The Morgan fingerprint density at radius 2 is 1.77 bits per heavy atom. The molecule has 0 unspecified atom stereocenters. The first-order valence-corrected chi connectivity index (χ1v) is 9.39. The largest absolute Gasteiger partial charge is 0.467 e. The number of nitrogens with zero attached hydrogens (tertiary/aromatic N) is 1. The number of nitrogens with one attached hydrogen (secondary N) is 3. The lowest BCUT2D eigenvalue weighted by atomic mass is 10.1. The molecule has 1 heterocycles. The van der Waals surface area contributed by atoms with Gasteiger partial charge in [0.05, 0.1) is 23.5 Å². The summed E-state index contributed by atoms with van der Waals surface area (Å²) in [6.45, 7) is 0. The predicted octanol–water partition coefficient (Wildman–Crippen LogP) is 3.61. The molecule has 3 aromatic rings. The summed E-state index contributed by atoms with van der Waals surface area (Å²) < 4.78 is 4.78. The minimum absolute atomic E-state index is 0.114. The minimum atomic E-state index is -1.06. The molecule has 154 valence electrons. The number of amides is 2. The van der Waals surface area contributed by atoms with Crippen molar-refractivity contribution in [1.29, 1.82) is 0 Å². The van der Waals surface area contributed by atoms with Gasteiger partial charge in [0.2, 0.25) is 0 Å². The quantitative estimate of drug-likeness (QED) is 0.500. The van der Waals surface area contributed by atoms with E-state index in [-0.39, 0.29) is 16.4 Å². The first-order valence-electron chi connectivity index (χ1n) is 8.64. The number of esters is 1. The van der Waals surface area contributed by atoms with E-state index >= 15 is 0 Å². The van der Waals surface area contributed by atoms with E-state index in [0.717, 1.165) is 0 Å². The number of halogens is 2. The third-order valence-corrected chi connectivity index (χ3v) is 4.84. The van der Waals surface area contributed by atoms with E-state index in [1.807, 2.05) is 0 Å². The number of benzene rings is 2. The Morgan fingerprint density at radius 3 is 2.43 bits per heavy atom. The highest BCUT2D eigenvalue weighted by molar-refractivity contribution is 6.42. The third-order valence-electron chi connectivity index (χ3n) is 4.10. The summed E-state index contributed by atoms with van der Waals surface area (Å²) in [5.74, 6) is -2.00. The number of H-pyrrole nitrogens is 1. The fraction of sp³-hybridized carbons (Fsp3) is 0.100. The molecule has 0 aliphatic heterocycles. The third kappa shape index (κ3) is 4.79. The van der Waals surface area contributed by atoms with Crippen LogP contribution in [0.5, 0.6) is 0 Å². The highest BCUT2D eigenvalue weighted by atomic mass is 35.5. The Labute approximate surface area is 181 Å². The molecule has 0 aliphatic carbocycles. The van der Waals surface area contributed by atoms with Crippen LogP contribution in [0, 0.1) is 0 Å². The standard InChI is InChI=1S/C20H16Cl2N4O4/c1-30-20(29)15(11-5-3-2-4-6-11)26-19(28)17-16(23-10-24-17)18(27)25-12-7-8-13(21)14(22)9-12/h2-10,15H,1H3,(H,23,24)(H,25,27)(H,26,28)/t15-/m0/s1. The molecule has 0 aliphatic rings. The van der Waals surface area contributed by atoms with Crippen molar-refractivity contribution in [1.82, 2.24) is 15.3 Å². The second-order valence-corrected chi connectivity index (χ2v) is 6.86. The Balaban J connectivity index is 1.80. The van der Waals surface area contributed by atoms with E-state index in [2.05, 4.69) is 20.6 Å². The maximum absolute atomic E-state index is 12.8. The Bertz CT molecular complexity index is 1090. The molecule has 3 N–H and O–H groups in total. The SMILES string of the molecule is COC(=O)[C@@H](NC(=O)c1[nH]cnc1C(=O)Nc1ccc(Cl)c(Cl)c1)c1ccccc1. The molecule has 0 radical (unpaired) electrons. The van der Waals surface area contributed by atoms with Crippen LogP contribution in [-0.4, -0.2) is 34.9 Å². The Morgan fingerprint density at radius 1 is 1.03 bits per heavy atom. The molecule has 0 saturated carbocycles. The monoisotopic (exact) mass is 446 g/mol. The Kier molecular flexibility index (Phi) is 6.71. The van der Waals surface area contributed by atoms with Gasteiger partial charge in [-0.15, -0.1) is 0 Å². The van der Waals surface area contributed by atoms with Crippen LogP contribution < -0.4 is 10.6 Å². The second-order valence-electron chi connectivity index (χ2n) is 6.05. The van der Waals surface area contributed by atoms with Crippen LogP contribution in [0.15, 0.2) is 54.9 Å². The van der Waals surface area contributed by atoms with Crippen molar-refractivity contribution in [2.45, 2.75) is 6.04 Å². The molecule has 10 heteroatoms. The van der Waals surface area contributed by atoms with Gasteiger partial charge in [-0.1, -0.05) is 53.5 Å². The molecule has 8 nitrogen and oxygen atoms in total. The van der Waals surface area contributed by atoms with Crippen LogP contribution in [0.1, 0.15) is 32.6 Å². The minimum Gasteiger partial charge on any atom is -0.467 e. The number of aromatic amines is 1. The number of ether oxygens (including phenoxy) is 1. The van der Waals surface area contributed by atoms with Crippen molar-refractivity contribution < 1.29 is 19.1 Å². The van der Waals surface area contributed by atoms with Crippen LogP contribution in [0.2, 0.25) is 10.0 Å². The van der Waals surface area contributed by atoms with Crippen molar-refractivity contribution in [3.05, 3.63) is 81.9 Å². The molecule has 0 bridgehead atoms. The van der Waals surface area contributed by atoms with Crippen LogP contribution in [0.4, 0.5) is 5.69 Å². The normalized spacial score (nSPS) is 11.4. The van der Waals surface area contributed by atoms with Crippen molar-refractivity contribution in [3.8, 4) is 0 Å². The lowest BCUT2D eigenvalue weighted by Crippen LogP contribution is -2.35. The second kappa shape index (κ2) is 9.43. The van der Waals surface area contributed by atoms with E-state index in [0.29, 0.717) is 16.3 Å². The van der Waals surface area contributed by atoms with E-state index in [4.69, 9.17) is 27.9 Å². The van der Waals surface area contributed by atoms with Crippen LogP contribution >= 0.6 is 23.2 Å². The molecule has 3 rings (SSSR count). The number of carbonyl (C=O) groups is 3. The summed E-state index contributed by atoms with van der Waals surface area (Å²) in [6.07, 6.45) is 1.20. The zero-order chi connectivity index (χ0) is 21.7. The van der Waals surface area contributed by atoms with Gasteiger partial charge in [-0.25, -0.2) is 9.78 Å². The number of methoxy groups -OCH3 is 1. The summed E-state index contributed by atoms with van der Waals surface area (Å²) in [5.41, 5.74) is 0.632. The molecule has 30 heavy (non-hydrogen) atoms. The fourth-order valence-electron chi connectivity index (χ4n) is 2.65. The molecule has 2 aromatic carbocycles. The van der Waals surface area contributed by atoms with Gasteiger partial charge in [0.1, 0.15) is 5.69 Å². The number of imidazole rings is 1. The molecular weight excluding hydrogens is 431 g/mol. The average Bonchev–Trinajstić information content (AvgIpc) is 3.25. The molecule has 0 saturated heterocycles. The lowest BCUT2D eigenvalue weighted by molar-refractivity contribution is -0.143. The van der Waals surface area contributed by atoms with E-state index in [9.17, 15) is 14.4 Å². The molecule has 1 aromatic heterocycles. The Hall–Kier alpha value is -3.36. The number of hydrogen-bond acceptors (Lipinski definition) is 5. The molecule has 0 spiro atoms. The maximum atomic E-state index is 12.8. The fourth-order valence-corrected chi connectivity index (χ4v) is 2.95. The lowest BCUT2D eigenvalue weighted by Gasteiger charge is -2.16. The zero-order valence-electron chi connectivity index (χ0n) is 15.6. The average molecular weight is 447 g/mol. The van der Waals surface area contributed by atoms with Crippen LogP contribution in [0.3, 0.4) is 0 Å². The first kappa shape index (κ1) is 21.4. The van der Waals surface area contributed by atoms with Gasteiger partial charge in [-0.2, -0.15) is 0 Å². The molecule has 0 fully saturated rings. The van der Waals surface area contributed by atoms with Gasteiger partial charge >= 0.3 is 5.97 Å². The predicted molar refractivity (Wildman–Crippen MR) is 112 cm³/mol. The van der Waals surface area contributed by atoms with Crippen molar-refractivity contribution in [2.75, 3.05) is 12.4 Å². The number of anilines is 1. The highest BCUT2D eigenvalue weighted by Crippen LogP contribution is 2.25. The summed E-state index contributed by atoms with van der Waals surface area (Å²) in [6, 6.07) is 12.1. The number of aromatic nitrogens is 2. The topological polar surface area (TPSA) is 113 Å². The smallest absolute Gasteiger partial charge is 0.333 e. The van der Waals surface area contributed by atoms with Gasteiger partial charge in [-0.05, 0) is 23.8 Å². The van der Waals surface area contributed by atoms with Crippen LogP contribution in [-0.2, 0) is 9.53 Å². The zero-order valence-corrected chi connectivity index (χ0v) is 17.1. The highest BCUT2D eigenvalue weighted by Gasteiger charge is 2.27. The molecule has 2 amide bonds. The first-order chi connectivity index (χ1) is 14.4. The summed E-state index contributed by atoms with van der Waals surface area (Å²) in [4.78, 5) is 44.1. The van der Waals surface area contributed by atoms with Crippen LogP contribution in [0.25, 0.3) is 0 Å². The van der Waals surface area contributed by atoms with Gasteiger partial charge in [0.15, 0.2) is 11.7 Å². The number of rotatable bonds is 6. The molecular formula is C20H16Cl2N4O4. The van der Waals surface area contributed by atoms with E-state index < -0.39 is 23.8 Å². The van der Waals surface area contributed by atoms with Crippen molar-refractivity contribution in [2.24, 2.45) is 0 Å². The summed E-state index contributed by atoms with van der Waals surface area (Å²) in [7, 11) is 1.22. The summed E-state index contributed by atoms with van der Waals surface area (Å²) in [5, 5.41) is 5.75. The van der Waals surface area contributed by atoms with E-state index in [1.54, 1.807) is 36.4 Å². The van der Waals surface area contributed by atoms with Gasteiger partial charge in [-0.3, -0.25) is 9.59 Å².